The van der Waals surface area contributed by atoms with Gasteiger partial charge in [0, 0.05) is 6.07 Å². The molecule has 0 aliphatic carbocycles. The zero-order chi connectivity index (χ0) is 12.1. The first-order valence-electron chi connectivity index (χ1n) is 4.83. The van der Waals surface area contributed by atoms with E-state index in [0.29, 0.717) is 17.1 Å². The van der Waals surface area contributed by atoms with Crippen LogP contribution in [0.15, 0.2) is 18.2 Å². The summed E-state index contributed by atoms with van der Waals surface area (Å²) in [6.07, 6.45) is -0.554. The van der Waals surface area contributed by atoms with E-state index in [0.717, 1.165) is 0 Å². The summed E-state index contributed by atoms with van der Waals surface area (Å²) < 4.78 is 10.3. The lowest BCUT2D eigenvalue weighted by molar-refractivity contribution is 0.0996. The summed E-state index contributed by atoms with van der Waals surface area (Å²) in [6.45, 7) is 1.80. The Morgan fingerprint density at radius 2 is 2.25 bits per heavy atom. The second-order valence-electron chi connectivity index (χ2n) is 3.39. The van der Waals surface area contributed by atoms with Gasteiger partial charge in [-0.2, -0.15) is 0 Å². The summed E-state index contributed by atoms with van der Waals surface area (Å²) in [4.78, 5) is 11.0. The monoisotopic (exact) mass is 225 g/mol. The zero-order valence-electron chi connectivity index (χ0n) is 9.27. The smallest absolute Gasteiger partial charge is 0.252 e. The first-order valence-corrected chi connectivity index (χ1v) is 4.83. The highest BCUT2D eigenvalue weighted by Gasteiger charge is 2.10. The molecule has 0 aliphatic heterocycles. The normalized spacial score (nSPS) is 11.9. The van der Waals surface area contributed by atoms with Crippen LogP contribution < -0.4 is 15.2 Å². The average molecular weight is 225 g/mol. The number of hydrogen-bond donors (Lipinski definition) is 2. The van der Waals surface area contributed by atoms with Crippen molar-refractivity contribution in [2.24, 2.45) is 5.73 Å². The SMILES string of the molecule is COc1cc(OCC(C)O)ccc1C(N)=O. The van der Waals surface area contributed by atoms with Gasteiger partial charge in [-0.25, -0.2) is 0 Å². The Bertz CT molecular complexity index is 376. The maximum absolute atomic E-state index is 11.0. The molecule has 1 rings (SSSR count). The van der Waals surface area contributed by atoms with Crippen LogP contribution in [-0.2, 0) is 0 Å². The number of ether oxygens (including phenoxy) is 2. The largest absolute Gasteiger partial charge is 0.496 e. The molecular weight excluding hydrogens is 210 g/mol. The van der Waals surface area contributed by atoms with Crippen LogP contribution in [0.4, 0.5) is 0 Å². The molecule has 0 radical (unpaired) electrons. The van der Waals surface area contributed by atoms with Gasteiger partial charge >= 0.3 is 0 Å². The molecule has 0 bridgehead atoms. The van der Waals surface area contributed by atoms with Crippen LogP contribution in [0, 0.1) is 0 Å². The standard InChI is InChI=1S/C11H15NO4/c1-7(13)6-16-8-3-4-9(11(12)14)10(5-8)15-2/h3-5,7,13H,6H2,1-2H3,(H2,12,14). The Kier molecular flexibility index (Phi) is 4.13. The molecule has 88 valence electrons. The lowest BCUT2D eigenvalue weighted by Crippen LogP contribution is -2.14. The molecule has 0 aliphatic rings. The van der Waals surface area contributed by atoms with Crippen molar-refractivity contribution in [1.29, 1.82) is 0 Å². The number of nitrogens with two attached hydrogens (primary N) is 1. The lowest BCUT2D eigenvalue weighted by Gasteiger charge is -2.11. The van der Waals surface area contributed by atoms with Crippen molar-refractivity contribution in [3.05, 3.63) is 23.8 Å². The van der Waals surface area contributed by atoms with E-state index in [1.807, 2.05) is 0 Å². The Hall–Kier alpha value is -1.75. The Morgan fingerprint density at radius 1 is 1.56 bits per heavy atom. The van der Waals surface area contributed by atoms with E-state index in [1.165, 1.54) is 13.2 Å². The van der Waals surface area contributed by atoms with E-state index >= 15 is 0 Å². The quantitative estimate of drug-likeness (QED) is 0.766. The molecule has 1 aromatic rings. The lowest BCUT2D eigenvalue weighted by atomic mass is 10.2. The van der Waals surface area contributed by atoms with E-state index in [-0.39, 0.29) is 6.61 Å². The second kappa shape index (κ2) is 5.37. The highest BCUT2D eigenvalue weighted by molar-refractivity contribution is 5.95. The highest BCUT2D eigenvalue weighted by atomic mass is 16.5. The van der Waals surface area contributed by atoms with Gasteiger partial charge in [-0.15, -0.1) is 0 Å². The molecule has 1 aromatic carbocycles. The van der Waals surface area contributed by atoms with E-state index in [1.54, 1.807) is 19.1 Å². The van der Waals surface area contributed by atoms with Crippen LogP contribution in [0.5, 0.6) is 11.5 Å². The van der Waals surface area contributed by atoms with Gasteiger partial charge in [0.05, 0.1) is 18.8 Å². The fraction of sp³-hybridized carbons (Fsp3) is 0.364. The number of methoxy groups -OCH3 is 1. The maximum atomic E-state index is 11.0. The molecule has 5 nitrogen and oxygen atoms in total. The van der Waals surface area contributed by atoms with Crippen molar-refractivity contribution >= 4 is 5.91 Å². The average Bonchev–Trinajstić information content (AvgIpc) is 2.25. The van der Waals surface area contributed by atoms with Crippen LogP contribution in [0.2, 0.25) is 0 Å². The molecule has 0 saturated carbocycles. The molecule has 1 unspecified atom stereocenters. The highest BCUT2D eigenvalue weighted by Crippen LogP contribution is 2.24. The molecular formula is C11H15NO4. The van der Waals surface area contributed by atoms with Gasteiger partial charge in [0.1, 0.15) is 18.1 Å². The molecule has 0 heterocycles. The van der Waals surface area contributed by atoms with Crippen LogP contribution >= 0.6 is 0 Å². The molecule has 16 heavy (non-hydrogen) atoms. The molecule has 1 amide bonds. The van der Waals surface area contributed by atoms with E-state index in [9.17, 15) is 4.79 Å². The van der Waals surface area contributed by atoms with Crippen LogP contribution in [0.1, 0.15) is 17.3 Å². The summed E-state index contributed by atoms with van der Waals surface area (Å²) >= 11 is 0. The fourth-order valence-electron chi connectivity index (χ4n) is 1.18. The van der Waals surface area contributed by atoms with Crippen molar-refractivity contribution in [1.82, 2.24) is 0 Å². The second-order valence-corrected chi connectivity index (χ2v) is 3.39. The van der Waals surface area contributed by atoms with Crippen molar-refractivity contribution < 1.29 is 19.4 Å². The number of primary amides is 1. The van der Waals surface area contributed by atoms with Gasteiger partial charge in [-0.05, 0) is 19.1 Å². The predicted octanol–water partition coefficient (Wildman–Crippen LogP) is 0.554. The molecule has 0 fully saturated rings. The van der Waals surface area contributed by atoms with Gasteiger partial charge in [0.25, 0.3) is 5.91 Å². The first kappa shape index (κ1) is 12.3. The number of aliphatic hydroxyl groups is 1. The Labute approximate surface area is 93.8 Å². The maximum Gasteiger partial charge on any atom is 0.252 e. The predicted molar refractivity (Wildman–Crippen MR) is 58.7 cm³/mol. The van der Waals surface area contributed by atoms with Crippen molar-refractivity contribution in [2.45, 2.75) is 13.0 Å². The van der Waals surface area contributed by atoms with Gasteiger partial charge < -0.3 is 20.3 Å². The number of amides is 1. The molecule has 0 aromatic heterocycles. The van der Waals surface area contributed by atoms with E-state index in [4.69, 9.17) is 20.3 Å². The number of benzene rings is 1. The first-order chi connectivity index (χ1) is 7.54. The third-order valence-electron chi connectivity index (χ3n) is 1.93. The molecule has 0 saturated heterocycles. The minimum Gasteiger partial charge on any atom is -0.496 e. The minimum atomic E-state index is -0.557. The van der Waals surface area contributed by atoms with E-state index < -0.39 is 12.0 Å². The van der Waals surface area contributed by atoms with E-state index in [2.05, 4.69) is 0 Å². The Morgan fingerprint density at radius 3 is 2.75 bits per heavy atom. The van der Waals surface area contributed by atoms with Gasteiger partial charge in [-0.1, -0.05) is 0 Å². The summed E-state index contributed by atoms with van der Waals surface area (Å²) in [5.74, 6) is 0.317. The third-order valence-corrected chi connectivity index (χ3v) is 1.93. The number of aliphatic hydroxyl groups excluding tert-OH is 1. The van der Waals surface area contributed by atoms with Crippen molar-refractivity contribution in [3.8, 4) is 11.5 Å². The van der Waals surface area contributed by atoms with Crippen molar-refractivity contribution in [3.63, 3.8) is 0 Å². The fourth-order valence-corrected chi connectivity index (χ4v) is 1.18. The summed E-state index contributed by atoms with van der Waals surface area (Å²) in [5, 5.41) is 9.05. The minimum absolute atomic E-state index is 0.180. The van der Waals surface area contributed by atoms with Crippen molar-refractivity contribution in [2.75, 3.05) is 13.7 Å². The zero-order valence-corrected chi connectivity index (χ0v) is 9.27. The number of hydrogen-bond acceptors (Lipinski definition) is 4. The molecule has 1 atom stereocenters. The summed E-state index contributed by atoms with van der Waals surface area (Å²) in [7, 11) is 1.44. The molecule has 5 heteroatoms. The summed E-state index contributed by atoms with van der Waals surface area (Å²) in [6, 6.07) is 4.69. The molecule has 0 spiro atoms. The number of rotatable bonds is 5. The van der Waals surface area contributed by atoms with Gasteiger partial charge in [-0.3, -0.25) is 4.79 Å². The molecule has 3 N–H and O–H groups in total. The Balaban J connectivity index is 2.86. The third kappa shape index (κ3) is 3.13. The van der Waals surface area contributed by atoms with Gasteiger partial charge in [0.2, 0.25) is 0 Å². The van der Waals surface area contributed by atoms with Gasteiger partial charge in [0.15, 0.2) is 0 Å². The summed E-state index contributed by atoms with van der Waals surface area (Å²) in [5.41, 5.74) is 5.46. The number of carbonyl (C=O) groups is 1. The van der Waals surface area contributed by atoms with Crippen LogP contribution in [-0.4, -0.2) is 30.8 Å². The van der Waals surface area contributed by atoms with Crippen LogP contribution in [0.3, 0.4) is 0 Å². The number of carbonyl (C=O) groups excluding carboxylic acids is 1. The van der Waals surface area contributed by atoms with Crippen LogP contribution in [0.25, 0.3) is 0 Å². The topological polar surface area (TPSA) is 81.8 Å².